The fourth-order valence-electron chi connectivity index (χ4n) is 2.44. The molecule has 3 aromatic rings. The normalized spacial score (nSPS) is 17.3. The monoisotopic (exact) mass is 316 g/mol. The highest BCUT2D eigenvalue weighted by molar-refractivity contribution is 7.16. The number of aromatic nitrogens is 4. The lowest BCUT2D eigenvalue weighted by molar-refractivity contribution is 0.0904. The Hall–Kier alpha value is -2.15. The molecule has 0 N–H and O–H groups in total. The molecule has 0 radical (unpaired) electrons. The largest absolute Gasteiger partial charge is 0.485 e. The molecule has 4 rings (SSSR count). The highest BCUT2D eigenvalue weighted by Gasteiger charge is 2.26. The smallest absolute Gasteiger partial charge is 0.234 e. The molecule has 0 fully saturated rings. The molecule has 1 atom stereocenters. The number of hydrogen-bond acceptors (Lipinski definition) is 6. The van der Waals surface area contributed by atoms with E-state index in [9.17, 15) is 0 Å². The highest BCUT2D eigenvalue weighted by Crippen LogP contribution is 2.36. The molecule has 0 saturated carbocycles. The quantitative estimate of drug-likeness (QED) is 0.743. The van der Waals surface area contributed by atoms with Crippen molar-refractivity contribution in [3.63, 3.8) is 0 Å². The Bertz CT molecular complexity index is 811. The molecule has 1 aliphatic heterocycles. The van der Waals surface area contributed by atoms with E-state index in [0.29, 0.717) is 12.5 Å². The van der Waals surface area contributed by atoms with Crippen molar-refractivity contribution in [1.29, 1.82) is 0 Å². The van der Waals surface area contributed by atoms with Gasteiger partial charge >= 0.3 is 0 Å². The van der Waals surface area contributed by atoms with Gasteiger partial charge in [0.2, 0.25) is 4.96 Å². The van der Waals surface area contributed by atoms with E-state index in [1.165, 1.54) is 11.3 Å². The van der Waals surface area contributed by atoms with Gasteiger partial charge in [-0.1, -0.05) is 37.3 Å². The first-order valence-corrected chi connectivity index (χ1v) is 8.12. The van der Waals surface area contributed by atoms with Crippen molar-refractivity contribution in [2.75, 3.05) is 6.61 Å². The van der Waals surface area contributed by atoms with E-state index < -0.39 is 0 Å². The van der Waals surface area contributed by atoms with Crippen LogP contribution in [-0.2, 0) is 6.42 Å². The molecule has 3 heterocycles. The summed E-state index contributed by atoms with van der Waals surface area (Å²) in [6, 6.07) is 7.69. The number of hydrogen-bond donors (Lipinski definition) is 0. The van der Waals surface area contributed by atoms with E-state index in [4.69, 9.17) is 9.47 Å². The maximum Gasteiger partial charge on any atom is 0.234 e. The summed E-state index contributed by atoms with van der Waals surface area (Å²) < 4.78 is 13.6. The first kappa shape index (κ1) is 13.5. The first-order chi connectivity index (χ1) is 10.7. The number of fused-ring (bicyclic) bond motifs is 2. The van der Waals surface area contributed by atoms with Crippen LogP contribution in [0.4, 0.5) is 0 Å². The molecule has 1 unspecified atom stereocenters. The molecule has 2 aromatic heterocycles. The van der Waals surface area contributed by atoms with Crippen molar-refractivity contribution in [2.24, 2.45) is 5.92 Å². The van der Waals surface area contributed by atoms with Crippen molar-refractivity contribution in [3.8, 4) is 11.5 Å². The molecule has 7 heteroatoms. The molecule has 0 aliphatic carbocycles. The van der Waals surface area contributed by atoms with Gasteiger partial charge in [-0.25, -0.2) is 0 Å². The Kier molecular flexibility index (Phi) is 3.22. The zero-order valence-corrected chi connectivity index (χ0v) is 13.2. The minimum atomic E-state index is -0.200. The lowest BCUT2D eigenvalue weighted by atomic mass is 10.1. The summed E-state index contributed by atoms with van der Waals surface area (Å²) in [5.41, 5.74) is 0. The summed E-state index contributed by atoms with van der Waals surface area (Å²) in [5.74, 6) is 2.94. The molecule has 114 valence electrons. The van der Waals surface area contributed by atoms with Crippen LogP contribution in [0.3, 0.4) is 0 Å². The Balaban J connectivity index is 1.63. The van der Waals surface area contributed by atoms with E-state index in [1.807, 2.05) is 28.8 Å². The Labute approximate surface area is 131 Å². The molecule has 0 saturated heterocycles. The molecular formula is C15H16N4O2S. The third-order valence-electron chi connectivity index (χ3n) is 3.45. The summed E-state index contributed by atoms with van der Waals surface area (Å²) in [7, 11) is 0. The van der Waals surface area contributed by atoms with Gasteiger partial charge in [-0.05, 0) is 18.1 Å². The van der Waals surface area contributed by atoms with E-state index >= 15 is 0 Å². The Morgan fingerprint density at radius 1 is 1.27 bits per heavy atom. The van der Waals surface area contributed by atoms with E-state index in [0.717, 1.165) is 33.7 Å². The van der Waals surface area contributed by atoms with Gasteiger partial charge in [-0.15, -0.1) is 10.2 Å². The summed E-state index contributed by atoms with van der Waals surface area (Å²) in [6.45, 7) is 4.77. The van der Waals surface area contributed by atoms with Crippen LogP contribution in [-0.4, -0.2) is 26.4 Å². The number of para-hydroxylation sites is 2. The third kappa shape index (κ3) is 2.31. The molecule has 22 heavy (non-hydrogen) atoms. The first-order valence-electron chi connectivity index (χ1n) is 7.30. The van der Waals surface area contributed by atoms with Crippen LogP contribution in [0.2, 0.25) is 0 Å². The predicted molar refractivity (Wildman–Crippen MR) is 82.5 cm³/mol. The van der Waals surface area contributed by atoms with Gasteiger partial charge in [0.1, 0.15) is 6.61 Å². The highest BCUT2D eigenvalue weighted by atomic mass is 32.1. The van der Waals surface area contributed by atoms with Crippen LogP contribution in [0.15, 0.2) is 24.3 Å². The van der Waals surface area contributed by atoms with Crippen molar-refractivity contribution in [1.82, 2.24) is 19.8 Å². The van der Waals surface area contributed by atoms with Crippen LogP contribution in [0, 0.1) is 5.92 Å². The molecule has 1 aromatic carbocycles. The van der Waals surface area contributed by atoms with Gasteiger partial charge in [0.15, 0.2) is 28.4 Å². The average molecular weight is 316 g/mol. The van der Waals surface area contributed by atoms with Crippen LogP contribution in [0.5, 0.6) is 11.5 Å². The van der Waals surface area contributed by atoms with Crippen LogP contribution < -0.4 is 9.47 Å². The van der Waals surface area contributed by atoms with Gasteiger partial charge < -0.3 is 9.47 Å². The van der Waals surface area contributed by atoms with Crippen molar-refractivity contribution < 1.29 is 9.47 Å². The zero-order valence-electron chi connectivity index (χ0n) is 12.4. The molecule has 0 bridgehead atoms. The summed E-state index contributed by atoms with van der Waals surface area (Å²) >= 11 is 1.50. The Morgan fingerprint density at radius 3 is 2.91 bits per heavy atom. The van der Waals surface area contributed by atoms with E-state index in [2.05, 4.69) is 29.1 Å². The maximum absolute atomic E-state index is 6.00. The topological polar surface area (TPSA) is 61.5 Å². The molecular weight excluding hydrogens is 300 g/mol. The summed E-state index contributed by atoms with van der Waals surface area (Å²) in [5, 5.41) is 13.9. The second-order valence-electron chi connectivity index (χ2n) is 5.71. The third-order valence-corrected chi connectivity index (χ3v) is 4.44. The van der Waals surface area contributed by atoms with Crippen LogP contribution in [0.25, 0.3) is 4.96 Å². The van der Waals surface area contributed by atoms with E-state index in [1.54, 1.807) is 0 Å². The van der Waals surface area contributed by atoms with Crippen LogP contribution in [0.1, 0.15) is 30.8 Å². The molecule has 6 nitrogen and oxygen atoms in total. The maximum atomic E-state index is 6.00. The van der Waals surface area contributed by atoms with Crippen molar-refractivity contribution >= 4 is 16.3 Å². The molecule has 0 spiro atoms. The minimum absolute atomic E-state index is 0.200. The second-order valence-corrected chi connectivity index (χ2v) is 6.70. The van der Waals surface area contributed by atoms with Crippen molar-refractivity contribution in [3.05, 3.63) is 35.1 Å². The lowest BCUT2D eigenvalue weighted by Gasteiger charge is -2.24. The fraction of sp³-hybridized carbons (Fsp3) is 0.400. The van der Waals surface area contributed by atoms with Gasteiger partial charge in [-0.2, -0.15) is 9.61 Å². The van der Waals surface area contributed by atoms with Gasteiger partial charge in [-0.3, -0.25) is 0 Å². The number of benzene rings is 1. The van der Waals surface area contributed by atoms with Gasteiger partial charge in [0.25, 0.3) is 0 Å². The number of nitrogens with zero attached hydrogens (tertiary/aromatic N) is 4. The minimum Gasteiger partial charge on any atom is -0.485 e. The van der Waals surface area contributed by atoms with Gasteiger partial charge in [0.05, 0.1) is 0 Å². The summed E-state index contributed by atoms with van der Waals surface area (Å²) in [4.78, 5) is 0.799. The van der Waals surface area contributed by atoms with Crippen LogP contribution >= 0.6 is 11.3 Å². The fourth-order valence-corrected chi connectivity index (χ4v) is 3.31. The lowest BCUT2D eigenvalue weighted by Crippen LogP contribution is -2.21. The van der Waals surface area contributed by atoms with E-state index in [-0.39, 0.29) is 6.10 Å². The SMILES string of the molecule is CC(C)Cc1nnc2sc(C3COc4ccccc4O3)nn12. The average Bonchev–Trinajstić information content (AvgIpc) is 3.08. The molecule has 0 amide bonds. The predicted octanol–water partition coefficient (Wildman–Crippen LogP) is 2.90. The molecule has 1 aliphatic rings. The zero-order chi connectivity index (χ0) is 15.1. The Morgan fingerprint density at radius 2 is 2.09 bits per heavy atom. The van der Waals surface area contributed by atoms with Gasteiger partial charge in [0, 0.05) is 6.42 Å². The second kappa shape index (κ2) is 5.24. The summed E-state index contributed by atoms with van der Waals surface area (Å²) in [6.07, 6.45) is 0.656. The number of ether oxygens (including phenoxy) is 2. The van der Waals surface area contributed by atoms with Crippen molar-refractivity contribution in [2.45, 2.75) is 26.4 Å². The number of rotatable bonds is 3. The standard InChI is InChI=1S/C15H16N4O2S/c1-9(2)7-13-16-17-15-19(13)18-14(22-15)12-8-20-10-5-3-4-6-11(10)21-12/h3-6,9,12H,7-8H2,1-2H3.